The molecule has 0 saturated carbocycles. The van der Waals surface area contributed by atoms with Crippen LogP contribution in [0.2, 0.25) is 0 Å². The van der Waals surface area contributed by atoms with E-state index in [1.807, 2.05) is 7.05 Å². The number of aryl methyl sites for hydroxylation is 1. The summed E-state index contributed by atoms with van der Waals surface area (Å²) in [5, 5.41) is 7.45. The molecule has 1 N–H and O–H groups in total. The van der Waals surface area contributed by atoms with E-state index in [-0.39, 0.29) is 5.91 Å². The summed E-state index contributed by atoms with van der Waals surface area (Å²) >= 11 is 0. The van der Waals surface area contributed by atoms with Gasteiger partial charge in [0.1, 0.15) is 12.2 Å². The van der Waals surface area contributed by atoms with E-state index in [4.69, 9.17) is 0 Å². The summed E-state index contributed by atoms with van der Waals surface area (Å²) < 4.78 is 1.76. The predicted octanol–water partition coefficient (Wildman–Crippen LogP) is 0.0126. The molecule has 3 heterocycles. The van der Waals surface area contributed by atoms with Gasteiger partial charge in [-0.15, -0.1) is 0 Å². The highest BCUT2D eigenvalue weighted by Gasteiger charge is 2.28. The fraction of sp³-hybridized carbons (Fsp3) is 0.789. The zero-order valence-corrected chi connectivity index (χ0v) is 17.6. The number of nitrogens with one attached hydrogen (secondary N) is 1. The van der Waals surface area contributed by atoms with Gasteiger partial charge >= 0.3 is 0 Å². The van der Waals surface area contributed by atoms with Crippen LogP contribution in [0.15, 0.2) is 11.3 Å². The number of aliphatic imine (C=N–C) groups is 1. The third-order valence-corrected chi connectivity index (χ3v) is 5.67. The van der Waals surface area contributed by atoms with Crippen molar-refractivity contribution in [1.29, 1.82) is 0 Å². The molecule has 0 spiro atoms. The number of guanidine groups is 1. The van der Waals surface area contributed by atoms with Crippen molar-refractivity contribution in [3.8, 4) is 0 Å². The molecule has 2 aliphatic rings. The Hall–Kier alpha value is -2.16. The van der Waals surface area contributed by atoms with Crippen molar-refractivity contribution in [2.45, 2.75) is 26.8 Å². The average Bonchev–Trinajstić information content (AvgIpc) is 3.07. The zero-order chi connectivity index (χ0) is 20.1. The number of amides is 1. The van der Waals surface area contributed by atoms with Crippen LogP contribution in [-0.4, -0.2) is 94.2 Å². The van der Waals surface area contributed by atoms with Crippen LogP contribution < -0.4 is 5.32 Å². The van der Waals surface area contributed by atoms with Crippen molar-refractivity contribution in [2.24, 2.45) is 23.9 Å². The Morgan fingerprint density at radius 1 is 1.18 bits per heavy atom. The summed E-state index contributed by atoms with van der Waals surface area (Å²) in [6.07, 6.45) is 2.78. The molecule has 3 rings (SSSR count). The van der Waals surface area contributed by atoms with Crippen molar-refractivity contribution in [2.75, 3.05) is 52.9 Å². The molecule has 2 aliphatic heterocycles. The summed E-state index contributed by atoms with van der Waals surface area (Å²) in [5.41, 5.74) is 0. The van der Waals surface area contributed by atoms with E-state index in [1.165, 1.54) is 6.42 Å². The van der Waals surface area contributed by atoms with Gasteiger partial charge in [-0.1, -0.05) is 13.8 Å². The SMILES string of the molecule is CN=C(NCc1ncnn1C)N1CCN(CC(=O)N2CC(C)CC(C)C2)CC1. The number of hydrogen-bond acceptors (Lipinski definition) is 5. The largest absolute Gasteiger partial charge is 0.349 e. The van der Waals surface area contributed by atoms with E-state index in [1.54, 1.807) is 18.1 Å². The number of piperazine rings is 1. The first kappa shape index (κ1) is 20.6. The average molecular weight is 391 g/mol. The minimum Gasteiger partial charge on any atom is -0.349 e. The summed E-state index contributed by atoms with van der Waals surface area (Å²) in [6.45, 7) is 10.9. The standard InChI is InChI=1S/C19H34N8O/c1-15-9-16(2)12-27(11-15)18(28)13-25-5-7-26(8-6-25)19(20-3)21-10-17-22-14-23-24(17)4/h14-16H,5-13H2,1-4H3,(H,20,21). The molecule has 2 saturated heterocycles. The molecule has 1 amide bonds. The first-order valence-corrected chi connectivity index (χ1v) is 10.2. The maximum absolute atomic E-state index is 12.7. The highest BCUT2D eigenvalue weighted by molar-refractivity contribution is 5.80. The lowest BCUT2D eigenvalue weighted by atomic mass is 9.92. The van der Waals surface area contributed by atoms with Gasteiger partial charge in [0.15, 0.2) is 5.96 Å². The molecule has 0 aromatic carbocycles. The van der Waals surface area contributed by atoms with Gasteiger partial charge < -0.3 is 15.1 Å². The smallest absolute Gasteiger partial charge is 0.236 e. The lowest BCUT2D eigenvalue weighted by Crippen LogP contribution is -2.55. The molecule has 2 atom stereocenters. The first-order valence-electron chi connectivity index (χ1n) is 10.2. The Morgan fingerprint density at radius 3 is 2.43 bits per heavy atom. The maximum Gasteiger partial charge on any atom is 0.236 e. The van der Waals surface area contributed by atoms with Crippen LogP contribution >= 0.6 is 0 Å². The Kier molecular flexibility index (Phi) is 6.88. The second-order valence-electron chi connectivity index (χ2n) is 8.21. The molecule has 9 nitrogen and oxygen atoms in total. The number of hydrogen-bond donors (Lipinski definition) is 1. The molecule has 1 aromatic rings. The highest BCUT2D eigenvalue weighted by atomic mass is 16.2. The van der Waals surface area contributed by atoms with Crippen LogP contribution in [0.4, 0.5) is 0 Å². The number of nitrogens with zero attached hydrogens (tertiary/aromatic N) is 7. The van der Waals surface area contributed by atoms with Crippen LogP contribution in [0.5, 0.6) is 0 Å². The van der Waals surface area contributed by atoms with Crippen LogP contribution in [0.25, 0.3) is 0 Å². The number of rotatable bonds is 4. The second kappa shape index (κ2) is 9.36. The number of piperidine rings is 1. The molecule has 28 heavy (non-hydrogen) atoms. The fourth-order valence-corrected chi connectivity index (χ4v) is 4.25. The van der Waals surface area contributed by atoms with Crippen molar-refractivity contribution < 1.29 is 4.79 Å². The number of likely N-dealkylation sites (tertiary alicyclic amines) is 1. The number of carbonyl (C=O) groups excluding carboxylic acids is 1. The van der Waals surface area contributed by atoms with E-state index in [9.17, 15) is 4.79 Å². The molecule has 2 fully saturated rings. The summed E-state index contributed by atoms with van der Waals surface area (Å²) in [6, 6.07) is 0. The third-order valence-electron chi connectivity index (χ3n) is 5.67. The van der Waals surface area contributed by atoms with Gasteiger partial charge in [-0.3, -0.25) is 19.4 Å². The van der Waals surface area contributed by atoms with Crippen molar-refractivity contribution >= 4 is 11.9 Å². The quantitative estimate of drug-likeness (QED) is 0.576. The predicted molar refractivity (Wildman–Crippen MR) is 109 cm³/mol. The maximum atomic E-state index is 12.7. The fourth-order valence-electron chi connectivity index (χ4n) is 4.25. The van der Waals surface area contributed by atoms with Gasteiger partial charge in [0, 0.05) is 53.4 Å². The summed E-state index contributed by atoms with van der Waals surface area (Å²) in [5.74, 6) is 3.22. The minimum absolute atomic E-state index is 0.275. The van der Waals surface area contributed by atoms with Crippen LogP contribution in [-0.2, 0) is 18.4 Å². The molecule has 1 aromatic heterocycles. The van der Waals surface area contributed by atoms with Crippen molar-refractivity contribution in [1.82, 2.24) is 34.8 Å². The Balaban J connectivity index is 1.44. The second-order valence-corrected chi connectivity index (χ2v) is 8.21. The molecule has 156 valence electrons. The highest BCUT2D eigenvalue weighted by Crippen LogP contribution is 2.21. The van der Waals surface area contributed by atoms with Gasteiger partial charge in [0.2, 0.25) is 5.91 Å². The molecule has 0 radical (unpaired) electrons. The minimum atomic E-state index is 0.275. The van der Waals surface area contributed by atoms with Gasteiger partial charge in [0.25, 0.3) is 0 Å². The summed E-state index contributed by atoms with van der Waals surface area (Å²) in [4.78, 5) is 27.9. The first-order chi connectivity index (χ1) is 13.5. The molecule has 0 aliphatic carbocycles. The normalized spacial score (nSPS) is 24.5. The van der Waals surface area contributed by atoms with Gasteiger partial charge in [0.05, 0.1) is 13.1 Å². The molecule has 0 bridgehead atoms. The molecular formula is C19H34N8O. The zero-order valence-electron chi connectivity index (χ0n) is 17.6. The Morgan fingerprint density at radius 2 is 1.86 bits per heavy atom. The van der Waals surface area contributed by atoms with Gasteiger partial charge in [-0.2, -0.15) is 5.10 Å². The van der Waals surface area contributed by atoms with Crippen LogP contribution in [0, 0.1) is 11.8 Å². The van der Waals surface area contributed by atoms with Gasteiger partial charge in [-0.25, -0.2) is 4.98 Å². The number of carbonyl (C=O) groups is 1. The van der Waals surface area contributed by atoms with Crippen molar-refractivity contribution in [3.63, 3.8) is 0 Å². The molecule has 2 unspecified atom stereocenters. The van der Waals surface area contributed by atoms with E-state index in [2.05, 4.69) is 48.9 Å². The van der Waals surface area contributed by atoms with E-state index < -0.39 is 0 Å². The lowest BCUT2D eigenvalue weighted by molar-refractivity contribution is -0.135. The van der Waals surface area contributed by atoms with E-state index >= 15 is 0 Å². The molecule has 9 heteroatoms. The van der Waals surface area contributed by atoms with Crippen LogP contribution in [0.1, 0.15) is 26.1 Å². The van der Waals surface area contributed by atoms with Crippen molar-refractivity contribution in [3.05, 3.63) is 12.2 Å². The van der Waals surface area contributed by atoms with E-state index in [0.717, 1.165) is 51.1 Å². The summed E-state index contributed by atoms with van der Waals surface area (Å²) in [7, 11) is 3.68. The van der Waals surface area contributed by atoms with Gasteiger partial charge in [-0.05, 0) is 18.3 Å². The monoisotopic (exact) mass is 390 g/mol. The van der Waals surface area contributed by atoms with E-state index in [0.29, 0.717) is 24.9 Å². The van der Waals surface area contributed by atoms with Crippen LogP contribution in [0.3, 0.4) is 0 Å². The topological polar surface area (TPSA) is 81.9 Å². The molecular weight excluding hydrogens is 356 g/mol. The Bertz CT molecular complexity index is 669. The Labute approximate surface area is 167 Å². The number of aromatic nitrogens is 3. The lowest BCUT2D eigenvalue weighted by Gasteiger charge is -2.39. The third kappa shape index (κ3) is 5.21.